The minimum atomic E-state index is -4.75. The number of benzene rings is 2. The number of anilines is 2. The van der Waals surface area contributed by atoms with Gasteiger partial charge in [0.1, 0.15) is 11.8 Å². The van der Waals surface area contributed by atoms with Crippen molar-refractivity contribution in [3.8, 4) is 11.3 Å². The van der Waals surface area contributed by atoms with Crippen molar-refractivity contribution in [2.45, 2.75) is 25.3 Å². The van der Waals surface area contributed by atoms with Gasteiger partial charge < -0.3 is 11.1 Å². The number of nitrogens with zero attached hydrogens (tertiary/aromatic N) is 5. The third-order valence-electron chi connectivity index (χ3n) is 6.22. The number of rotatable bonds is 5. The van der Waals surface area contributed by atoms with Crippen LogP contribution in [0.5, 0.6) is 0 Å². The molecule has 0 bridgehead atoms. The monoisotopic (exact) mass is 559 g/mol. The maximum Gasteiger partial charge on any atom is 0.418 e. The predicted molar refractivity (Wildman–Crippen MR) is 133 cm³/mol. The molecule has 0 saturated carbocycles. The number of hydrogen-bond acceptors (Lipinski definition) is 5. The molecule has 3 N–H and O–H groups in total. The Kier molecular flexibility index (Phi) is 6.48. The molecule has 2 aromatic carbocycles. The number of nitrogens with one attached hydrogen (secondary N) is 1. The molecule has 40 heavy (non-hydrogen) atoms. The number of carbonyl (C=O) groups is 1. The van der Waals surface area contributed by atoms with Crippen LogP contribution in [0.25, 0.3) is 16.8 Å². The van der Waals surface area contributed by atoms with Crippen molar-refractivity contribution in [1.82, 2.24) is 24.4 Å². The lowest BCUT2D eigenvalue weighted by Gasteiger charge is -2.21. The number of halogens is 6. The molecule has 0 aliphatic heterocycles. The lowest BCUT2D eigenvalue weighted by atomic mass is 10.0. The summed E-state index contributed by atoms with van der Waals surface area (Å²) in [6, 6.07) is 10.4. The van der Waals surface area contributed by atoms with Crippen molar-refractivity contribution in [2.24, 2.45) is 0 Å². The van der Waals surface area contributed by atoms with Gasteiger partial charge in [0.05, 0.1) is 23.1 Å². The van der Waals surface area contributed by atoms with Crippen LogP contribution in [0.4, 0.5) is 37.8 Å². The molecule has 0 saturated heterocycles. The summed E-state index contributed by atoms with van der Waals surface area (Å²) >= 11 is 0. The second-order valence-corrected chi connectivity index (χ2v) is 8.89. The first-order valence-corrected chi connectivity index (χ1v) is 11.6. The highest BCUT2D eigenvalue weighted by Crippen LogP contribution is 2.39. The van der Waals surface area contributed by atoms with Crippen LogP contribution in [0.1, 0.15) is 33.1 Å². The Labute approximate surface area is 222 Å². The molecule has 1 atom stereocenters. The van der Waals surface area contributed by atoms with Crippen LogP contribution in [0, 0.1) is 6.92 Å². The third-order valence-corrected chi connectivity index (χ3v) is 6.22. The van der Waals surface area contributed by atoms with E-state index in [9.17, 15) is 31.1 Å². The zero-order chi connectivity index (χ0) is 28.8. The molecule has 206 valence electrons. The molecule has 8 nitrogen and oxygen atoms in total. The maximum atomic E-state index is 13.9. The highest BCUT2D eigenvalue weighted by Gasteiger charge is 2.43. The van der Waals surface area contributed by atoms with Crippen LogP contribution in [0.3, 0.4) is 0 Å². The van der Waals surface area contributed by atoms with E-state index in [-0.39, 0.29) is 33.9 Å². The molecular weight excluding hydrogens is 540 g/mol. The quantitative estimate of drug-likeness (QED) is 0.261. The van der Waals surface area contributed by atoms with Gasteiger partial charge in [0.25, 0.3) is 5.91 Å². The molecule has 1 unspecified atom stereocenters. The molecule has 0 fully saturated rings. The topological polar surface area (TPSA) is 103 Å². The molecule has 14 heteroatoms. The summed E-state index contributed by atoms with van der Waals surface area (Å²) in [5.41, 5.74) is 4.96. The second kappa shape index (κ2) is 9.70. The molecule has 0 radical (unpaired) electrons. The Morgan fingerprint density at radius 3 is 2.40 bits per heavy atom. The summed E-state index contributed by atoms with van der Waals surface area (Å²) in [7, 11) is 0. The van der Waals surface area contributed by atoms with Gasteiger partial charge in [-0.1, -0.05) is 42.5 Å². The standard InChI is InChI=1S/C26H19F6N7O/c1-14-7-8-16(20-10-19(25(27,28)29)21-23(33)34-13-36-39(20)21)9-18(14)24(40)37-17-11-35-38(12-17)22(26(30,31)32)15-5-3-2-4-6-15/h2-13,22H,1H3,(H,37,40)(H2,33,34,36). The van der Waals surface area contributed by atoms with Gasteiger partial charge >= 0.3 is 12.4 Å². The lowest BCUT2D eigenvalue weighted by molar-refractivity contribution is -0.159. The number of alkyl halides is 6. The van der Waals surface area contributed by atoms with Crippen LogP contribution in [0.15, 0.2) is 73.3 Å². The zero-order valence-corrected chi connectivity index (χ0v) is 20.5. The zero-order valence-electron chi connectivity index (χ0n) is 20.5. The Balaban J connectivity index is 1.48. The smallest absolute Gasteiger partial charge is 0.382 e. The number of nitrogens with two attached hydrogens (primary N) is 1. The van der Waals surface area contributed by atoms with Gasteiger partial charge in [-0.15, -0.1) is 0 Å². The van der Waals surface area contributed by atoms with Crippen LogP contribution in [0.2, 0.25) is 0 Å². The largest absolute Gasteiger partial charge is 0.418 e. The number of nitrogen functional groups attached to an aromatic ring is 1. The maximum absolute atomic E-state index is 13.9. The molecule has 3 heterocycles. The van der Waals surface area contributed by atoms with Gasteiger partial charge in [0, 0.05) is 17.3 Å². The van der Waals surface area contributed by atoms with Crippen molar-refractivity contribution < 1.29 is 31.1 Å². The average Bonchev–Trinajstić information content (AvgIpc) is 3.50. The van der Waals surface area contributed by atoms with Crippen LogP contribution >= 0.6 is 0 Å². The third kappa shape index (κ3) is 4.95. The molecule has 0 aliphatic carbocycles. The Hall–Kier alpha value is -4.88. The fourth-order valence-electron chi connectivity index (χ4n) is 4.38. The summed E-state index contributed by atoms with van der Waals surface area (Å²) in [5, 5.41) is 10.2. The van der Waals surface area contributed by atoms with Gasteiger partial charge in [-0.3, -0.25) is 9.48 Å². The fourth-order valence-corrected chi connectivity index (χ4v) is 4.38. The second-order valence-electron chi connectivity index (χ2n) is 8.89. The van der Waals surface area contributed by atoms with Gasteiger partial charge in [-0.05, 0) is 30.2 Å². The molecule has 1 amide bonds. The summed E-state index contributed by atoms with van der Waals surface area (Å²) in [6.07, 6.45) is -6.27. The summed E-state index contributed by atoms with van der Waals surface area (Å²) in [4.78, 5) is 16.8. The summed E-state index contributed by atoms with van der Waals surface area (Å²) < 4.78 is 84.4. The normalized spacial score (nSPS) is 13.0. The van der Waals surface area contributed by atoms with E-state index in [2.05, 4.69) is 20.5 Å². The predicted octanol–water partition coefficient (Wildman–Crippen LogP) is 5.91. The van der Waals surface area contributed by atoms with E-state index in [1.165, 1.54) is 42.5 Å². The van der Waals surface area contributed by atoms with E-state index in [1.807, 2.05) is 0 Å². The number of carbonyl (C=O) groups excluding carboxylic acids is 1. The van der Waals surface area contributed by atoms with Crippen molar-refractivity contribution in [2.75, 3.05) is 11.1 Å². The van der Waals surface area contributed by atoms with Crippen molar-refractivity contribution in [3.63, 3.8) is 0 Å². The van der Waals surface area contributed by atoms with Crippen LogP contribution in [-0.2, 0) is 6.18 Å². The first kappa shape index (κ1) is 26.7. The van der Waals surface area contributed by atoms with Crippen molar-refractivity contribution >= 4 is 22.9 Å². The lowest BCUT2D eigenvalue weighted by Crippen LogP contribution is -2.28. The number of amides is 1. The number of hydrogen-bond donors (Lipinski definition) is 2. The van der Waals surface area contributed by atoms with Gasteiger partial charge in [0.2, 0.25) is 0 Å². The molecule has 5 aromatic rings. The van der Waals surface area contributed by atoms with E-state index in [0.29, 0.717) is 10.2 Å². The van der Waals surface area contributed by atoms with E-state index in [1.54, 1.807) is 13.0 Å². The van der Waals surface area contributed by atoms with E-state index >= 15 is 0 Å². The SMILES string of the molecule is Cc1ccc(-c2cc(C(F)(F)F)c3c(N)ncnn23)cc1C(=O)Nc1cnn(C(c2ccccc2)C(F)(F)F)c1. The van der Waals surface area contributed by atoms with Crippen molar-refractivity contribution in [1.29, 1.82) is 0 Å². The molecule has 3 aromatic heterocycles. The Bertz CT molecular complexity index is 1710. The minimum absolute atomic E-state index is 0.00649. The molecule has 0 aliphatic rings. The van der Waals surface area contributed by atoms with Crippen LogP contribution < -0.4 is 11.1 Å². The average molecular weight is 559 g/mol. The highest BCUT2D eigenvalue weighted by molar-refractivity contribution is 6.06. The first-order valence-electron chi connectivity index (χ1n) is 11.6. The summed E-state index contributed by atoms with van der Waals surface area (Å²) in [6.45, 7) is 1.61. The van der Waals surface area contributed by atoms with Gasteiger partial charge in [-0.25, -0.2) is 9.50 Å². The van der Waals surface area contributed by atoms with Crippen molar-refractivity contribution in [3.05, 3.63) is 95.6 Å². The number of fused-ring (bicyclic) bond motifs is 1. The van der Waals surface area contributed by atoms with Gasteiger partial charge in [-0.2, -0.15) is 36.5 Å². The summed E-state index contributed by atoms with van der Waals surface area (Å²) in [5.74, 6) is -1.07. The van der Waals surface area contributed by atoms with E-state index < -0.39 is 35.4 Å². The first-order chi connectivity index (χ1) is 18.8. The molecule has 0 spiro atoms. The molecule has 5 rings (SSSR count). The van der Waals surface area contributed by atoms with Crippen LogP contribution in [-0.4, -0.2) is 36.5 Å². The number of aromatic nitrogens is 5. The van der Waals surface area contributed by atoms with E-state index in [0.717, 1.165) is 29.3 Å². The Morgan fingerprint density at radius 2 is 1.73 bits per heavy atom. The minimum Gasteiger partial charge on any atom is -0.382 e. The number of aryl methyl sites for hydroxylation is 1. The Morgan fingerprint density at radius 1 is 1.00 bits per heavy atom. The molecular formula is C26H19F6N7O. The highest BCUT2D eigenvalue weighted by atomic mass is 19.4. The van der Waals surface area contributed by atoms with E-state index in [4.69, 9.17) is 5.73 Å². The van der Waals surface area contributed by atoms with Gasteiger partial charge in [0.15, 0.2) is 11.9 Å². The fraction of sp³-hybridized carbons (Fsp3) is 0.154.